The minimum atomic E-state index is 0.400. The highest BCUT2D eigenvalue weighted by Gasteiger charge is 2.34. The Hall–Kier alpha value is -2.39. The molecule has 1 aliphatic rings. The number of aromatic nitrogens is 1. The number of hydrogen-bond acceptors (Lipinski definition) is 2. The van der Waals surface area contributed by atoms with Crippen LogP contribution >= 0.6 is 11.3 Å². The smallest absolute Gasteiger partial charge is 0.269 e. The maximum absolute atomic E-state index is 6.54. The number of thiophene rings is 1. The van der Waals surface area contributed by atoms with Gasteiger partial charge < -0.3 is 4.74 Å². The van der Waals surface area contributed by atoms with Crippen LogP contribution < -0.4 is 9.30 Å². The fraction of sp³-hybridized carbons (Fsp3) is 0.227. The van der Waals surface area contributed by atoms with E-state index in [9.17, 15) is 0 Å². The van der Waals surface area contributed by atoms with Crippen LogP contribution in [0.15, 0.2) is 41.8 Å². The third kappa shape index (κ3) is 1.87. The van der Waals surface area contributed by atoms with Gasteiger partial charge in [0.2, 0.25) is 5.75 Å². The SMILES string of the molecule is Cc1ccc2cccc3c2c1-c1c(c(C(C)C)c2ccsc2[n+]1C)O3. The molecule has 0 saturated heterocycles. The van der Waals surface area contributed by atoms with E-state index in [1.807, 2.05) is 0 Å². The largest absolute Gasteiger partial charge is 0.449 e. The van der Waals surface area contributed by atoms with E-state index < -0.39 is 0 Å². The Bertz CT molecular complexity index is 1170. The van der Waals surface area contributed by atoms with Gasteiger partial charge in [0.1, 0.15) is 12.8 Å². The highest BCUT2D eigenvalue weighted by Crippen LogP contribution is 2.50. The van der Waals surface area contributed by atoms with Crippen LogP contribution in [-0.4, -0.2) is 0 Å². The molecule has 0 saturated carbocycles. The Morgan fingerprint density at radius 1 is 1.08 bits per heavy atom. The van der Waals surface area contributed by atoms with Crippen LogP contribution in [0.25, 0.3) is 32.2 Å². The third-order valence-corrected chi connectivity index (χ3v) is 6.27. The van der Waals surface area contributed by atoms with Crippen LogP contribution in [0.4, 0.5) is 0 Å². The van der Waals surface area contributed by atoms with Crippen molar-refractivity contribution in [2.24, 2.45) is 7.05 Å². The van der Waals surface area contributed by atoms with E-state index in [1.54, 1.807) is 11.3 Å². The molecule has 0 unspecified atom stereocenters. The molecule has 2 aromatic carbocycles. The van der Waals surface area contributed by atoms with Crippen molar-refractivity contribution >= 4 is 32.3 Å². The summed E-state index contributed by atoms with van der Waals surface area (Å²) < 4.78 is 8.86. The average molecular weight is 346 g/mol. The molecule has 5 rings (SSSR count). The Morgan fingerprint density at radius 2 is 1.92 bits per heavy atom. The summed E-state index contributed by atoms with van der Waals surface area (Å²) in [4.78, 5) is 1.31. The van der Waals surface area contributed by atoms with Crippen molar-refractivity contribution in [1.82, 2.24) is 0 Å². The zero-order valence-corrected chi connectivity index (χ0v) is 15.7. The van der Waals surface area contributed by atoms with Gasteiger partial charge in [-0.15, -0.1) is 0 Å². The third-order valence-electron chi connectivity index (χ3n) is 5.28. The van der Waals surface area contributed by atoms with Gasteiger partial charge in [0.05, 0.1) is 10.9 Å². The molecular formula is C22H20NOS+. The quantitative estimate of drug-likeness (QED) is 0.335. The first-order valence-electron chi connectivity index (χ1n) is 8.71. The second kappa shape index (κ2) is 5.06. The zero-order valence-electron chi connectivity index (χ0n) is 14.9. The summed E-state index contributed by atoms with van der Waals surface area (Å²) in [6, 6.07) is 13.0. The monoisotopic (exact) mass is 346 g/mol. The minimum Gasteiger partial charge on any atom is -0.449 e. The molecule has 0 amide bonds. The number of aryl methyl sites for hydroxylation is 2. The molecule has 0 spiro atoms. The number of benzene rings is 2. The van der Waals surface area contributed by atoms with Crippen molar-refractivity contribution in [3.05, 3.63) is 52.9 Å². The van der Waals surface area contributed by atoms with E-state index in [1.165, 1.54) is 43.4 Å². The Kier molecular flexibility index (Phi) is 3.02. The first-order chi connectivity index (χ1) is 12.1. The highest BCUT2D eigenvalue weighted by atomic mass is 32.1. The maximum Gasteiger partial charge on any atom is 0.269 e. The van der Waals surface area contributed by atoms with Crippen LogP contribution in [-0.2, 0) is 7.05 Å². The minimum absolute atomic E-state index is 0.400. The fourth-order valence-electron chi connectivity index (χ4n) is 4.18. The molecule has 0 radical (unpaired) electrons. The van der Waals surface area contributed by atoms with Gasteiger partial charge in [-0.2, -0.15) is 4.57 Å². The molecule has 0 N–H and O–H groups in total. The first kappa shape index (κ1) is 14.9. The number of ether oxygens (including phenoxy) is 1. The van der Waals surface area contributed by atoms with Crippen molar-refractivity contribution in [3.63, 3.8) is 0 Å². The molecule has 4 aromatic rings. The van der Waals surface area contributed by atoms with Gasteiger partial charge in [-0.25, -0.2) is 0 Å². The van der Waals surface area contributed by atoms with Gasteiger partial charge in [0.15, 0.2) is 0 Å². The van der Waals surface area contributed by atoms with Crippen molar-refractivity contribution in [2.75, 3.05) is 0 Å². The maximum atomic E-state index is 6.54. The Labute approximate surface area is 151 Å². The lowest BCUT2D eigenvalue weighted by atomic mass is 9.90. The van der Waals surface area contributed by atoms with Crippen LogP contribution in [0.5, 0.6) is 11.5 Å². The van der Waals surface area contributed by atoms with E-state index in [4.69, 9.17) is 4.74 Å². The van der Waals surface area contributed by atoms with E-state index in [-0.39, 0.29) is 0 Å². The number of nitrogens with zero attached hydrogens (tertiary/aromatic N) is 1. The lowest BCUT2D eigenvalue weighted by Gasteiger charge is -2.24. The van der Waals surface area contributed by atoms with Gasteiger partial charge in [0.25, 0.3) is 10.5 Å². The van der Waals surface area contributed by atoms with Crippen LogP contribution in [0, 0.1) is 6.92 Å². The molecule has 2 nitrogen and oxygen atoms in total. The van der Waals surface area contributed by atoms with Crippen LogP contribution in [0.2, 0.25) is 0 Å². The topological polar surface area (TPSA) is 13.1 Å². The molecule has 2 aromatic heterocycles. The number of rotatable bonds is 1. The summed E-state index contributed by atoms with van der Waals surface area (Å²) >= 11 is 1.80. The highest BCUT2D eigenvalue weighted by molar-refractivity contribution is 7.16. The predicted octanol–water partition coefficient (Wildman–Crippen LogP) is 6.08. The molecule has 124 valence electrons. The molecule has 0 fully saturated rings. The lowest BCUT2D eigenvalue weighted by molar-refractivity contribution is -0.631. The van der Waals surface area contributed by atoms with Gasteiger partial charge >= 0.3 is 0 Å². The average Bonchev–Trinajstić information content (AvgIpc) is 3.07. The molecule has 0 bridgehead atoms. The first-order valence-corrected chi connectivity index (χ1v) is 9.59. The standard InChI is InChI=1S/C22H20NOS/c1-12(2)17-15-10-11-25-22(15)23(4)20-18-13(3)8-9-14-6-5-7-16(19(14)18)24-21(17)20/h5-12H,1-4H3/q+1. The number of fused-ring (bicyclic) bond motifs is 3. The molecule has 25 heavy (non-hydrogen) atoms. The lowest BCUT2D eigenvalue weighted by Crippen LogP contribution is -2.33. The Morgan fingerprint density at radius 3 is 2.72 bits per heavy atom. The predicted molar refractivity (Wildman–Crippen MR) is 105 cm³/mol. The summed E-state index contributed by atoms with van der Waals surface area (Å²) in [5.41, 5.74) is 5.13. The number of hydrogen-bond donors (Lipinski definition) is 0. The van der Waals surface area contributed by atoms with Gasteiger partial charge in [-0.05, 0) is 41.3 Å². The summed E-state index contributed by atoms with van der Waals surface area (Å²) in [6.07, 6.45) is 0. The zero-order chi connectivity index (χ0) is 17.3. The van der Waals surface area contributed by atoms with E-state index >= 15 is 0 Å². The second-order valence-corrected chi connectivity index (χ2v) is 8.05. The molecule has 0 aliphatic carbocycles. The van der Waals surface area contributed by atoms with E-state index in [0.29, 0.717) is 5.92 Å². The van der Waals surface area contributed by atoms with Gasteiger partial charge in [-0.3, -0.25) is 0 Å². The van der Waals surface area contributed by atoms with E-state index in [2.05, 4.69) is 74.2 Å². The molecule has 0 atom stereocenters. The summed E-state index contributed by atoms with van der Waals surface area (Å²) in [5.74, 6) is 2.40. The summed E-state index contributed by atoms with van der Waals surface area (Å²) in [5, 5.41) is 5.96. The van der Waals surface area contributed by atoms with Crippen molar-refractivity contribution in [1.29, 1.82) is 0 Å². The number of pyridine rings is 1. The van der Waals surface area contributed by atoms with Gasteiger partial charge in [0, 0.05) is 10.9 Å². The normalized spacial score (nSPS) is 12.7. The van der Waals surface area contributed by atoms with Crippen molar-refractivity contribution in [3.8, 4) is 22.8 Å². The molecule has 3 heterocycles. The van der Waals surface area contributed by atoms with Crippen LogP contribution in [0.3, 0.4) is 0 Å². The second-order valence-electron chi connectivity index (χ2n) is 7.16. The fourth-order valence-corrected chi connectivity index (χ4v) is 5.06. The summed E-state index contributed by atoms with van der Waals surface area (Å²) in [6.45, 7) is 6.71. The summed E-state index contributed by atoms with van der Waals surface area (Å²) in [7, 11) is 2.16. The molecular weight excluding hydrogens is 326 g/mol. The molecule has 3 heteroatoms. The van der Waals surface area contributed by atoms with Gasteiger partial charge in [-0.1, -0.05) is 49.4 Å². The van der Waals surface area contributed by atoms with Crippen LogP contribution in [0.1, 0.15) is 30.9 Å². The van der Waals surface area contributed by atoms with Crippen molar-refractivity contribution < 1.29 is 9.30 Å². The van der Waals surface area contributed by atoms with E-state index in [0.717, 1.165) is 11.5 Å². The van der Waals surface area contributed by atoms with Crippen molar-refractivity contribution in [2.45, 2.75) is 26.7 Å². The Balaban J connectivity index is 2.05. The molecule has 1 aliphatic heterocycles.